The van der Waals surface area contributed by atoms with Gasteiger partial charge in [0.25, 0.3) is 5.91 Å². The average molecular weight is 625 g/mol. The minimum atomic E-state index is -3.28. The van der Waals surface area contributed by atoms with E-state index in [0.29, 0.717) is 66.1 Å². The van der Waals surface area contributed by atoms with E-state index in [0.717, 1.165) is 23.0 Å². The number of anilines is 1. The molecule has 0 spiro atoms. The van der Waals surface area contributed by atoms with E-state index in [1.165, 1.54) is 22.8 Å². The van der Waals surface area contributed by atoms with Crippen LogP contribution in [0, 0.1) is 17.6 Å². The number of aromatic nitrogens is 3. The third-order valence-corrected chi connectivity index (χ3v) is 9.14. The van der Waals surface area contributed by atoms with Crippen molar-refractivity contribution >= 4 is 38.9 Å². The van der Waals surface area contributed by atoms with E-state index in [1.54, 1.807) is 10.9 Å². The standard InChI is InChI=1S/C31H35F2N7O3S/c1-18(2)12-26-29(30(35)41)28(23(15-34)31(38-26)37-22-8-10-39(11-9-22)44(3,42)43)20-5-7-27-21(14-20)16-36-40(27)17-19-4-6-24(32)25(33)13-19/h4-7,13-16,18,22,34H,8-12,17H2,1-3H3,(H2,35,41)(H,37,38)/p+1. The molecule has 1 aliphatic heterocycles. The second-order valence-corrected chi connectivity index (χ2v) is 13.6. The molecule has 5 N–H and O–H groups in total. The number of sulfonamides is 1. The molecule has 5 rings (SSSR count). The van der Waals surface area contributed by atoms with Gasteiger partial charge in [0.1, 0.15) is 5.82 Å². The van der Waals surface area contributed by atoms with E-state index in [1.807, 2.05) is 32.0 Å². The van der Waals surface area contributed by atoms with Crippen molar-refractivity contribution in [3.63, 3.8) is 0 Å². The number of fused-ring (bicyclic) bond motifs is 1. The number of piperidine rings is 1. The number of carbonyl (C=O) groups excluding carboxylic acids is 1. The SMILES string of the molecule is CC(C)Cc1nc(NC2CCN(S(C)(=O)=O)CC2)c(C=[NH2+])c(-c2ccc3c(cnn3Cc3ccc(F)c(F)c3)c2)c1C(N)=O. The zero-order valence-electron chi connectivity index (χ0n) is 24.8. The molecule has 1 aliphatic rings. The quantitative estimate of drug-likeness (QED) is 0.231. The van der Waals surface area contributed by atoms with Gasteiger partial charge in [-0.05, 0) is 60.6 Å². The molecule has 3 heterocycles. The number of benzene rings is 2. The third kappa shape index (κ3) is 6.48. The number of pyridine rings is 1. The van der Waals surface area contributed by atoms with Crippen molar-refractivity contribution in [2.75, 3.05) is 24.7 Å². The number of nitrogens with one attached hydrogen (secondary N) is 1. The minimum Gasteiger partial charge on any atom is -0.367 e. The molecule has 2 aromatic carbocycles. The Morgan fingerprint density at radius 3 is 2.50 bits per heavy atom. The summed E-state index contributed by atoms with van der Waals surface area (Å²) >= 11 is 0. The number of primary amides is 1. The summed E-state index contributed by atoms with van der Waals surface area (Å²) in [6.07, 6.45) is 5.92. The Balaban J connectivity index is 1.57. The van der Waals surface area contributed by atoms with Crippen molar-refractivity contribution in [3.8, 4) is 11.1 Å². The van der Waals surface area contributed by atoms with Crippen molar-refractivity contribution in [3.05, 3.63) is 76.6 Å². The number of hydrogen-bond acceptors (Lipinski definition) is 6. The molecular formula is C31H36F2N7O3S+. The van der Waals surface area contributed by atoms with Crippen molar-refractivity contribution in [1.29, 1.82) is 0 Å². The van der Waals surface area contributed by atoms with Crippen LogP contribution >= 0.6 is 0 Å². The van der Waals surface area contributed by atoms with Crippen LogP contribution in [0.4, 0.5) is 14.6 Å². The Bertz CT molecular complexity index is 1850. The molecule has 1 fully saturated rings. The lowest BCUT2D eigenvalue weighted by molar-refractivity contribution is -0.104. The van der Waals surface area contributed by atoms with Gasteiger partial charge < -0.3 is 11.1 Å². The van der Waals surface area contributed by atoms with Crippen LogP contribution in [0.2, 0.25) is 0 Å². The Morgan fingerprint density at radius 2 is 1.89 bits per heavy atom. The smallest absolute Gasteiger partial charge is 0.251 e. The maximum absolute atomic E-state index is 13.8. The number of nitrogens with zero attached hydrogens (tertiary/aromatic N) is 4. The first-order valence-corrected chi connectivity index (χ1v) is 16.2. The second kappa shape index (κ2) is 12.4. The molecule has 2 aromatic heterocycles. The molecule has 13 heteroatoms. The highest BCUT2D eigenvalue weighted by atomic mass is 32.2. The van der Waals surface area contributed by atoms with Gasteiger partial charge in [-0.15, -0.1) is 0 Å². The fourth-order valence-electron chi connectivity index (χ4n) is 5.73. The van der Waals surface area contributed by atoms with Crippen LogP contribution in [0.3, 0.4) is 0 Å². The summed E-state index contributed by atoms with van der Waals surface area (Å²) in [6, 6.07) is 9.25. The molecular weight excluding hydrogens is 588 g/mol. The van der Waals surface area contributed by atoms with Crippen LogP contribution in [0.25, 0.3) is 22.0 Å². The van der Waals surface area contributed by atoms with Crippen LogP contribution in [0.1, 0.15) is 53.9 Å². The van der Waals surface area contributed by atoms with Crippen LogP contribution in [-0.2, 0) is 23.0 Å². The number of amides is 1. The second-order valence-electron chi connectivity index (χ2n) is 11.6. The van der Waals surface area contributed by atoms with Gasteiger partial charge in [0.2, 0.25) is 10.0 Å². The Labute approximate surface area is 254 Å². The number of nitrogens with two attached hydrogens (primary N) is 2. The molecule has 0 atom stereocenters. The number of hydrogen-bond donors (Lipinski definition) is 3. The minimum absolute atomic E-state index is 0.0598. The van der Waals surface area contributed by atoms with Crippen LogP contribution in [0.15, 0.2) is 42.6 Å². The lowest BCUT2D eigenvalue weighted by Crippen LogP contribution is -2.42. The van der Waals surface area contributed by atoms with E-state index in [2.05, 4.69) is 10.4 Å². The van der Waals surface area contributed by atoms with Gasteiger partial charge >= 0.3 is 0 Å². The summed E-state index contributed by atoms with van der Waals surface area (Å²) in [7, 11) is -3.28. The highest BCUT2D eigenvalue weighted by molar-refractivity contribution is 7.88. The lowest BCUT2D eigenvalue weighted by atomic mass is 9.90. The van der Waals surface area contributed by atoms with Gasteiger partial charge in [-0.1, -0.05) is 26.0 Å². The van der Waals surface area contributed by atoms with E-state index in [-0.39, 0.29) is 24.1 Å². The largest absolute Gasteiger partial charge is 0.367 e. The molecule has 1 saturated heterocycles. The fourth-order valence-corrected chi connectivity index (χ4v) is 6.60. The van der Waals surface area contributed by atoms with Crippen molar-refractivity contribution in [2.45, 2.75) is 45.7 Å². The Hall–Kier alpha value is -4.23. The van der Waals surface area contributed by atoms with E-state index < -0.39 is 27.6 Å². The van der Waals surface area contributed by atoms with Crippen molar-refractivity contribution in [2.24, 2.45) is 11.7 Å². The van der Waals surface area contributed by atoms with Crippen molar-refractivity contribution in [1.82, 2.24) is 19.1 Å². The van der Waals surface area contributed by atoms with Crippen LogP contribution in [-0.4, -0.2) is 65.0 Å². The number of rotatable bonds is 10. The Morgan fingerprint density at radius 1 is 1.16 bits per heavy atom. The van der Waals surface area contributed by atoms with Gasteiger partial charge in [-0.25, -0.2) is 26.5 Å². The number of carbonyl (C=O) groups is 1. The summed E-state index contributed by atoms with van der Waals surface area (Å²) in [4.78, 5) is 17.8. The summed E-state index contributed by atoms with van der Waals surface area (Å²) in [5, 5.41) is 14.9. The zero-order chi connectivity index (χ0) is 31.8. The van der Waals surface area contributed by atoms with Gasteiger partial charge in [-0.2, -0.15) is 5.10 Å². The predicted octanol–water partition coefficient (Wildman–Crippen LogP) is 2.74. The summed E-state index contributed by atoms with van der Waals surface area (Å²) in [5.41, 5.74) is 9.83. The molecule has 10 nitrogen and oxygen atoms in total. The molecule has 4 aromatic rings. The monoisotopic (exact) mass is 624 g/mol. The van der Waals surface area contributed by atoms with Gasteiger partial charge in [0, 0.05) is 30.1 Å². The fraction of sp³-hybridized carbons (Fsp3) is 0.355. The predicted molar refractivity (Wildman–Crippen MR) is 166 cm³/mol. The normalized spacial score (nSPS) is 14.8. The number of halogens is 2. The summed E-state index contributed by atoms with van der Waals surface area (Å²) in [6.45, 7) is 5.05. The first-order valence-electron chi connectivity index (χ1n) is 14.4. The maximum Gasteiger partial charge on any atom is 0.251 e. The van der Waals surface area contributed by atoms with E-state index >= 15 is 0 Å². The van der Waals surface area contributed by atoms with Gasteiger partial charge in [0.05, 0.1) is 41.3 Å². The first-order chi connectivity index (χ1) is 20.8. The molecule has 0 saturated carbocycles. The van der Waals surface area contributed by atoms with Gasteiger partial charge in [0.15, 0.2) is 17.8 Å². The average Bonchev–Trinajstić information content (AvgIpc) is 3.35. The molecule has 0 radical (unpaired) electrons. The Kier molecular flexibility index (Phi) is 8.80. The van der Waals surface area contributed by atoms with Crippen molar-refractivity contribution < 1.29 is 27.4 Å². The van der Waals surface area contributed by atoms with E-state index in [4.69, 9.17) is 16.1 Å². The topological polar surface area (TPSA) is 149 Å². The van der Waals surface area contributed by atoms with Gasteiger partial charge in [-0.3, -0.25) is 14.9 Å². The van der Waals surface area contributed by atoms with Crippen LogP contribution < -0.4 is 16.5 Å². The maximum atomic E-state index is 13.8. The molecule has 0 unspecified atom stereocenters. The third-order valence-electron chi connectivity index (χ3n) is 7.84. The molecule has 0 aliphatic carbocycles. The van der Waals surface area contributed by atoms with E-state index in [9.17, 15) is 22.0 Å². The van der Waals surface area contributed by atoms with Crippen LogP contribution in [0.5, 0.6) is 0 Å². The molecule has 232 valence electrons. The summed E-state index contributed by atoms with van der Waals surface area (Å²) < 4.78 is 54.4. The molecule has 44 heavy (non-hydrogen) atoms. The zero-order valence-corrected chi connectivity index (χ0v) is 25.7. The first kappa shape index (κ1) is 31.2. The lowest BCUT2D eigenvalue weighted by Gasteiger charge is -2.31. The molecule has 1 amide bonds. The highest BCUT2D eigenvalue weighted by Crippen LogP contribution is 2.36. The highest BCUT2D eigenvalue weighted by Gasteiger charge is 2.29. The molecule has 0 bridgehead atoms. The summed E-state index contributed by atoms with van der Waals surface area (Å²) in [5.74, 6) is -1.80.